The molecule has 0 unspecified atom stereocenters. The van der Waals surface area contributed by atoms with Gasteiger partial charge in [-0.2, -0.15) is 0 Å². The zero-order valence-electron chi connectivity index (χ0n) is 15.2. The number of nitrogens with zero attached hydrogens (tertiary/aromatic N) is 2. The fraction of sp³-hybridized carbons (Fsp3) is 0.300. The molecule has 3 rings (SSSR count). The van der Waals surface area contributed by atoms with Crippen molar-refractivity contribution >= 4 is 29.1 Å². The van der Waals surface area contributed by atoms with Gasteiger partial charge in [-0.05, 0) is 30.3 Å². The molecule has 2 N–H and O–H groups in total. The highest BCUT2D eigenvalue weighted by molar-refractivity contribution is 6.30. The molecule has 1 fully saturated rings. The van der Waals surface area contributed by atoms with Crippen molar-refractivity contribution in [2.75, 3.05) is 37.7 Å². The number of morpholine rings is 1. The topological polar surface area (TPSA) is 75.9 Å². The molecule has 6 nitrogen and oxygen atoms in total. The Morgan fingerprint density at radius 3 is 2.43 bits per heavy atom. The van der Waals surface area contributed by atoms with Crippen molar-refractivity contribution in [2.45, 2.75) is 6.54 Å². The summed E-state index contributed by atoms with van der Waals surface area (Å²) in [4.78, 5) is 27.9. The molecule has 28 heavy (non-hydrogen) atoms. The highest BCUT2D eigenvalue weighted by atomic mass is 35.5. The molecule has 0 aromatic heterocycles. The zero-order chi connectivity index (χ0) is 20.1. The lowest BCUT2D eigenvalue weighted by molar-refractivity contribution is 0.0548. The van der Waals surface area contributed by atoms with Gasteiger partial charge in [0.1, 0.15) is 5.82 Å². The van der Waals surface area contributed by atoms with Crippen LogP contribution in [-0.4, -0.2) is 49.6 Å². The highest BCUT2D eigenvalue weighted by Gasteiger charge is 2.25. The second-order valence-corrected chi connectivity index (χ2v) is 6.81. The highest BCUT2D eigenvalue weighted by Crippen LogP contribution is 2.23. The van der Waals surface area contributed by atoms with Gasteiger partial charge < -0.3 is 15.4 Å². The number of halogens is 2. The van der Waals surface area contributed by atoms with Crippen molar-refractivity contribution in [2.24, 2.45) is 5.73 Å². The fourth-order valence-corrected chi connectivity index (χ4v) is 3.08. The largest absolute Gasteiger partial charge is 0.378 e. The van der Waals surface area contributed by atoms with Crippen LogP contribution in [0.15, 0.2) is 42.5 Å². The van der Waals surface area contributed by atoms with Gasteiger partial charge in [-0.1, -0.05) is 23.7 Å². The van der Waals surface area contributed by atoms with Crippen LogP contribution in [0.3, 0.4) is 0 Å². The van der Waals surface area contributed by atoms with Gasteiger partial charge in [-0.25, -0.2) is 9.18 Å². The number of anilines is 1. The normalized spacial score (nSPS) is 14.0. The summed E-state index contributed by atoms with van der Waals surface area (Å²) in [6, 6.07) is 10.7. The van der Waals surface area contributed by atoms with Crippen molar-refractivity contribution in [3.63, 3.8) is 0 Å². The van der Waals surface area contributed by atoms with Gasteiger partial charge >= 0.3 is 6.03 Å². The molecule has 8 heteroatoms. The van der Waals surface area contributed by atoms with Crippen LogP contribution in [0.5, 0.6) is 0 Å². The minimum atomic E-state index is -0.562. The van der Waals surface area contributed by atoms with E-state index in [1.807, 2.05) is 0 Å². The molecule has 0 radical (unpaired) electrons. The number of carbonyl (C=O) groups is 2. The molecule has 2 aromatic carbocycles. The first-order valence-electron chi connectivity index (χ1n) is 8.91. The molecule has 0 atom stereocenters. The lowest BCUT2D eigenvalue weighted by Crippen LogP contribution is -2.48. The van der Waals surface area contributed by atoms with Gasteiger partial charge in [0.05, 0.1) is 26.3 Å². The number of urea groups is 1. The lowest BCUT2D eigenvalue weighted by Gasteiger charge is -2.33. The SMILES string of the molecule is NCC(=O)c1ccc(CN(C(=O)N2CCOCC2)c2ccc(Cl)cc2)c(F)c1. The quantitative estimate of drug-likeness (QED) is 0.775. The number of Topliss-reactive ketones (excluding diaryl/α,β-unsaturated/α-hetero) is 1. The minimum Gasteiger partial charge on any atom is -0.378 e. The van der Waals surface area contributed by atoms with Crippen molar-refractivity contribution in [1.29, 1.82) is 0 Å². The summed E-state index contributed by atoms with van der Waals surface area (Å²) in [6.45, 7) is 1.69. The van der Waals surface area contributed by atoms with Gasteiger partial charge in [0.2, 0.25) is 0 Å². The maximum Gasteiger partial charge on any atom is 0.324 e. The Balaban J connectivity index is 1.89. The minimum absolute atomic E-state index is 0.0146. The summed E-state index contributed by atoms with van der Waals surface area (Å²) >= 11 is 5.96. The van der Waals surface area contributed by atoms with E-state index in [0.29, 0.717) is 42.6 Å². The molecular formula is C20H21ClFN3O3. The maximum absolute atomic E-state index is 14.6. The summed E-state index contributed by atoms with van der Waals surface area (Å²) in [7, 11) is 0. The summed E-state index contributed by atoms with van der Waals surface area (Å²) in [6.07, 6.45) is 0. The van der Waals surface area contributed by atoms with E-state index < -0.39 is 5.82 Å². The predicted octanol–water partition coefficient (Wildman–Crippen LogP) is 3.08. The number of ether oxygens (including phenoxy) is 1. The van der Waals surface area contributed by atoms with Crippen molar-refractivity contribution < 1.29 is 18.7 Å². The summed E-state index contributed by atoms with van der Waals surface area (Å²) in [5, 5.41) is 0.540. The molecule has 148 valence electrons. The van der Waals surface area contributed by atoms with Crippen LogP contribution in [-0.2, 0) is 11.3 Å². The van der Waals surface area contributed by atoms with E-state index in [2.05, 4.69) is 0 Å². The average molecular weight is 406 g/mol. The molecule has 0 aliphatic carbocycles. The number of ketones is 1. The Morgan fingerprint density at radius 1 is 1.14 bits per heavy atom. The molecule has 0 bridgehead atoms. The van der Waals surface area contributed by atoms with Gasteiger partial charge in [0, 0.05) is 34.9 Å². The lowest BCUT2D eigenvalue weighted by atomic mass is 10.1. The summed E-state index contributed by atoms with van der Waals surface area (Å²) < 4.78 is 19.9. The van der Waals surface area contributed by atoms with Crippen LogP contribution in [0.2, 0.25) is 5.02 Å². The molecule has 2 aromatic rings. The van der Waals surface area contributed by atoms with Crippen LogP contribution in [0.4, 0.5) is 14.9 Å². The third-order valence-electron chi connectivity index (χ3n) is 4.54. The van der Waals surface area contributed by atoms with Crippen LogP contribution in [0, 0.1) is 5.82 Å². The Morgan fingerprint density at radius 2 is 1.82 bits per heavy atom. The van der Waals surface area contributed by atoms with Crippen LogP contribution < -0.4 is 10.6 Å². The molecular weight excluding hydrogens is 385 g/mol. The number of benzene rings is 2. The number of hydrogen-bond acceptors (Lipinski definition) is 4. The number of rotatable bonds is 5. The van der Waals surface area contributed by atoms with E-state index in [4.69, 9.17) is 22.1 Å². The third-order valence-corrected chi connectivity index (χ3v) is 4.79. The molecule has 0 saturated carbocycles. The Kier molecular flexibility index (Phi) is 6.61. The fourth-order valence-electron chi connectivity index (χ4n) is 2.95. The van der Waals surface area contributed by atoms with E-state index in [1.54, 1.807) is 29.2 Å². The van der Waals surface area contributed by atoms with Gasteiger partial charge in [-0.3, -0.25) is 9.69 Å². The molecule has 0 spiro atoms. The first-order valence-corrected chi connectivity index (χ1v) is 9.29. The van der Waals surface area contributed by atoms with Crippen molar-refractivity contribution in [1.82, 2.24) is 4.90 Å². The summed E-state index contributed by atoms with van der Waals surface area (Å²) in [5.74, 6) is -0.905. The van der Waals surface area contributed by atoms with E-state index in [-0.39, 0.29) is 30.5 Å². The number of hydrogen-bond donors (Lipinski definition) is 1. The Bertz CT molecular complexity index is 854. The van der Waals surface area contributed by atoms with Crippen molar-refractivity contribution in [3.8, 4) is 0 Å². The maximum atomic E-state index is 14.6. The third kappa shape index (κ3) is 4.67. The van der Waals surface area contributed by atoms with E-state index >= 15 is 0 Å². The number of nitrogens with two attached hydrogens (primary N) is 1. The van der Waals surface area contributed by atoms with Crippen LogP contribution in [0.1, 0.15) is 15.9 Å². The molecule has 1 saturated heterocycles. The van der Waals surface area contributed by atoms with E-state index in [1.165, 1.54) is 17.0 Å². The average Bonchev–Trinajstić information content (AvgIpc) is 2.73. The van der Waals surface area contributed by atoms with E-state index in [0.717, 1.165) is 6.07 Å². The van der Waals surface area contributed by atoms with Crippen LogP contribution >= 0.6 is 11.6 Å². The van der Waals surface area contributed by atoms with Gasteiger partial charge in [0.15, 0.2) is 5.78 Å². The zero-order valence-corrected chi connectivity index (χ0v) is 16.0. The smallest absolute Gasteiger partial charge is 0.324 e. The molecule has 1 aliphatic rings. The van der Waals surface area contributed by atoms with Gasteiger partial charge in [0.25, 0.3) is 0 Å². The Hall–Kier alpha value is -2.48. The number of carbonyl (C=O) groups excluding carboxylic acids is 2. The number of amides is 2. The summed E-state index contributed by atoms with van der Waals surface area (Å²) in [5.41, 5.74) is 6.44. The van der Waals surface area contributed by atoms with Crippen molar-refractivity contribution in [3.05, 3.63) is 64.4 Å². The monoisotopic (exact) mass is 405 g/mol. The van der Waals surface area contributed by atoms with Crippen LogP contribution in [0.25, 0.3) is 0 Å². The molecule has 1 heterocycles. The van der Waals surface area contributed by atoms with Gasteiger partial charge in [-0.15, -0.1) is 0 Å². The molecule has 1 aliphatic heterocycles. The standard InChI is InChI=1S/C20H21ClFN3O3/c21-16-3-5-17(6-4-16)25(20(27)24-7-9-28-10-8-24)13-15-2-1-14(11-18(15)22)19(26)12-23/h1-6,11H,7-10,12-13,23H2. The predicted molar refractivity (Wildman–Crippen MR) is 105 cm³/mol. The van der Waals surface area contributed by atoms with E-state index in [9.17, 15) is 14.0 Å². The second kappa shape index (κ2) is 9.14. The second-order valence-electron chi connectivity index (χ2n) is 6.38. The first-order chi connectivity index (χ1) is 13.5. The first kappa shape index (κ1) is 20.3. The Labute approximate surface area is 167 Å². The molecule has 2 amide bonds.